The quantitative estimate of drug-likeness (QED) is 0.209. The maximum Gasteiger partial charge on any atom is 0.306 e. The van der Waals surface area contributed by atoms with Gasteiger partial charge in [-0.2, -0.15) is 0 Å². The number of hydrogen-bond donors (Lipinski definition) is 2. The van der Waals surface area contributed by atoms with Crippen LogP contribution in [0.25, 0.3) is 0 Å². The number of carboxylic acids is 1. The first-order chi connectivity index (χ1) is 14.0. The Balaban J connectivity index is 0. The average Bonchev–Trinajstić information content (AvgIpc) is 2.72. The molecule has 0 aromatic carbocycles. The van der Waals surface area contributed by atoms with Gasteiger partial charge in [-0.15, -0.1) is 0 Å². The molecule has 0 aromatic rings. The topological polar surface area (TPSA) is 49.3 Å². The zero-order valence-corrected chi connectivity index (χ0v) is 21.0. The molecule has 2 N–H and O–H groups in total. The van der Waals surface area contributed by atoms with Crippen molar-refractivity contribution < 1.29 is 9.90 Å². The Bertz CT molecular complexity index is 322. The van der Waals surface area contributed by atoms with Crippen LogP contribution in [0.15, 0.2) is 0 Å². The van der Waals surface area contributed by atoms with Gasteiger partial charge in [0.05, 0.1) is 5.92 Å². The Labute approximate surface area is 183 Å². The lowest BCUT2D eigenvalue weighted by molar-refractivity contribution is -0.142. The summed E-state index contributed by atoms with van der Waals surface area (Å²) >= 11 is 0. The second-order valence-electron chi connectivity index (χ2n) is 8.81. The summed E-state index contributed by atoms with van der Waals surface area (Å²) in [5, 5.41) is 12.6. The van der Waals surface area contributed by atoms with E-state index in [1.807, 2.05) is 6.92 Å². The maximum atomic E-state index is 10.5. The molecule has 0 aromatic heterocycles. The minimum Gasteiger partial charge on any atom is -0.481 e. The van der Waals surface area contributed by atoms with Crippen LogP contribution in [-0.2, 0) is 4.79 Å². The third-order valence-electron chi connectivity index (χ3n) is 6.06. The molecule has 1 unspecified atom stereocenters. The van der Waals surface area contributed by atoms with Gasteiger partial charge in [0.1, 0.15) is 0 Å². The third kappa shape index (κ3) is 18.0. The van der Waals surface area contributed by atoms with Crippen molar-refractivity contribution in [3.63, 3.8) is 0 Å². The minimum atomic E-state index is -0.636. The third-order valence-corrected chi connectivity index (χ3v) is 6.06. The van der Waals surface area contributed by atoms with Crippen LogP contribution in [0.1, 0.15) is 144 Å². The second kappa shape index (κ2) is 22.1. The first kappa shape index (κ1) is 30.6. The molecular formula is C26H55NO2. The van der Waals surface area contributed by atoms with Crippen LogP contribution in [-0.4, -0.2) is 23.2 Å². The van der Waals surface area contributed by atoms with Gasteiger partial charge in [-0.3, -0.25) is 4.79 Å². The van der Waals surface area contributed by atoms with Crippen molar-refractivity contribution in [2.24, 2.45) is 5.92 Å². The lowest BCUT2D eigenvalue weighted by Crippen LogP contribution is -2.45. The van der Waals surface area contributed by atoms with Gasteiger partial charge in [-0.1, -0.05) is 106 Å². The lowest BCUT2D eigenvalue weighted by Gasteiger charge is -2.36. The zero-order chi connectivity index (χ0) is 22.4. The van der Waals surface area contributed by atoms with E-state index in [0.717, 1.165) is 32.1 Å². The Hall–Kier alpha value is -0.570. The van der Waals surface area contributed by atoms with Gasteiger partial charge in [-0.25, -0.2) is 0 Å². The van der Waals surface area contributed by atoms with Gasteiger partial charge >= 0.3 is 5.97 Å². The summed E-state index contributed by atoms with van der Waals surface area (Å²) in [6.45, 7) is 14.5. The van der Waals surface area contributed by atoms with Gasteiger partial charge < -0.3 is 10.4 Å². The van der Waals surface area contributed by atoms with Crippen molar-refractivity contribution in [3.05, 3.63) is 0 Å². The standard InChI is InChI=1S/C17H37N.C9H18O2/c1-5-9-13-17(14-10-6-2,15-11-7-3)18-16-12-8-4;1-3-5-6-7-8(4-2)9(10)11/h18H,5-16H2,1-4H3;8H,3-7H2,1-2H3,(H,10,11). The molecule has 3 heteroatoms. The second-order valence-corrected chi connectivity index (χ2v) is 8.81. The highest BCUT2D eigenvalue weighted by atomic mass is 16.4. The van der Waals surface area contributed by atoms with Gasteiger partial charge in [0, 0.05) is 5.54 Å². The van der Waals surface area contributed by atoms with E-state index in [2.05, 4.69) is 39.9 Å². The van der Waals surface area contributed by atoms with Crippen molar-refractivity contribution in [3.8, 4) is 0 Å². The van der Waals surface area contributed by atoms with Crippen molar-refractivity contribution >= 4 is 5.97 Å². The first-order valence-corrected chi connectivity index (χ1v) is 12.9. The van der Waals surface area contributed by atoms with Gasteiger partial charge in [0.2, 0.25) is 0 Å². The monoisotopic (exact) mass is 413 g/mol. The summed E-state index contributed by atoms with van der Waals surface area (Å²) in [4.78, 5) is 10.5. The number of carboxylic acid groups (broad SMARTS) is 1. The van der Waals surface area contributed by atoms with E-state index in [9.17, 15) is 4.79 Å². The van der Waals surface area contributed by atoms with E-state index >= 15 is 0 Å². The first-order valence-electron chi connectivity index (χ1n) is 12.9. The Morgan fingerprint density at radius 2 is 1.17 bits per heavy atom. The Morgan fingerprint density at radius 1 is 0.724 bits per heavy atom. The fraction of sp³-hybridized carbons (Fsp3) is 0.962. The molecule has 176 valence electrons. The van der Waals surface area contributed by atoms with Crippen molar-refractivity contribution in [2.75, 3.05) is 6.54 Å². The summed E-state index contributed by atoms with van der Waals surface area (Å²) < 4.78 is 0. The van der Waals surface area contributed by atoms with E-state index in [4.69, 9.17) is 5.11 Å². The highest BCUT2D eigenvalue weighted by molar-refractivity contribution is 5.69. The molecule has 0 aliphatic carbocycles. The highest BCUT2D eigenvalue weighted by Gasteiger charge is 2.27. The van der Waals surface area contributed by atoms with Crippen LogP contribution in [0.2, 0.25) is 0 Å². The van der Waals surface area contributed by atoms with E-state index in [1.54, 1.807) is 0 Å². The largest absolute Gasteiger partial charge is 0.481 e. The molecule has 0 aliphatic rings. The number of rotatable bonds is 19. The molecule has 0 radical (unpaired) electrons. The molecule has 3 nitrogen and oxygen atoms in total. The SMILES string of the molecule is CCCCCC(CC)C(=O)O.CCCCNC(CCCC)(CCCC)CCCC. The summed E-state index contributed by atoms with van der Waals surface area (Å²) in [6, 6.07) is 0. The predicted molar refractivity (Wildman–Crippen MR) is 130 cm³/mol. The molecule has 0 heterocycles. The Morgan fingerprint density at radius 3 is 1.52 bits per heavy atom. The highest BCUT2D eigenvalue weighted by Crippen LogP contribution is 2.27. The average molecular weight is 414 g/mol. The molecule has 0 amide bonds. The van der Waals surface area contributed by atoms with E-state index in [1.165, 1.54) is 77.2 Å². The molecule has 0 saturated carbocycles. The van der Waals surface area contributed by atoms with Crippen molar-refractivity contribution in [1.82, 2.24) is 5.32 Å². The van der Waals surface area contributed by atoms with Crippen LogP contribution in [0, 0.1) is 5.92 Å². The normalized spacial score (nSPS) is 12.3. The van der Waals surface area contributed by atoms with Crippen LogP contribution in [0.4, 0.5) is 0 Å². The number of unbranched alkanes of at least 4 members (excludes halogenated alkanes) is 6. The number of hydrogen-bond acceptors (Lipinski definition) is 2. The zero-order valence-electron chi connectivity index (χ0n) is 21.0. The fourth-order valence-corrected chi connectivity index (χ4v) is 3.86. The summed E-state index contributed by atoms with van der Waals surface area (Å²) in [5.41, 5.74) is 0.456. The maximum absolute atomic E-state index is 10.5. The molecule has 0 spiro atoms. The molecule has 0 aliphatic heterocycles. The van der Waals surface area contributed by atoms with Crippen molar-refractivity contribution in [2.45, 2.75) is 150 Å². The summed E-state index contributed by atoms with van der Waals surface area (Å²) in [5.74, 6) is -0.745. The molecule has 1 atom stereocenters. The smallest absolute Gasteiger partial charge is 0.306 e. The Kier molecular flexibility index (Phi) is 23.4. The van der Waals surface area contributed by atoms with E-state index in [0.29, 0.717) is 5.54 Å². The minimum absolute atomic E-state index is 0.110. The van der Waals surface area contributed by atoms with E-state index < -0.39 is 5.97 Å². The van der Waals surface area contributed by atoms with Crippen LogP contribution < -0.4 is 5.32 Å². The van der Waals surface area contributed by atoms with Gasteiger partial charge in [-0.05, 0) is 45.1 Å². The number of aliphatic carboxylic acids is 1. The molecule has 29 heavy (non-hydrogen) atoms. The number of nitrogens with one attached hydrogen (secondary N) is 1. The van der Waals surface area contributed by atoms with Gasteiger partial charge in [0.15, 0.2) is 0 Å². The van der Waals surface area contributed by atoms with Gasteiger partial charge in [0.25, 0.3) is 0 Å². The summed E-state index contributed by atoms with van der Waals surface area (Å²) in [6.07, 6.45) is 19.9. The predicted octanol–water partition coefficient (Wildman–Crippen LogP) is 8.36. The van der Waals surface area contributed by atoms with Crippen LogP contribution >= 0.6 is 0 Å². The van der Waals surface area contributed by atoms with E-state index in [-0.39, 0.29) is 5.92 Å². The molecule has 0 fully saturated rings. The molecule has 0 bridgehead atoms. The van der Waals surface area contributed by atoms with Crippen molar-refractivity contribution in [1.29, 1.82) is 0 Å². The van der Waals surface area contributed by atoms with Crippen LogP contribution in [0.5, 0.6) is 0 Å². The lowest BCUT2D eigenvalue weighted by atomic mass is 9.82. The summed E-state index contributed by atoms with van der Waals surface area (Å²) in [7, 11) is 0. The number of carbonyl (C=O) groups is 1. The molecular weight excluding hydrogens is 358 g/mol. The fourth-order valence-electron chi connectivity index (χ4n) is 3.86. The molecule has 0 rings (SSSR count). The molecule has 0 saturated heterocycles. The van der Waals surface area contributed by atoms with Crippen LogP contribution in [0.3, 0.4) is 0 Å².